The number of allylic oxidation sites excluding steroid dienone is 4. The van der Waals surface area contributed by atoms with Crippen molar-refractivity contribution in [3.63, 3.8) is 0 Å². The van der Waals surface area contributed by atoms with Gasteiger partial charge in [-0.15, -0.1) is 0 Å². The van der Waals surface area contributed by atoms with E-state index in [1.165, 1.54) is 0 Å². The summed E-state index contributed by atoms with van der Waals surface area (Å²) in [6.45, 7) is 3.64. The second-order valence-corrected chi connectivity index (χ2v) is 4.95. The maximum atomic E-state index is 11.0. The molecule has 110 valence electrons. The van der Waals surface area contributed by atoms with E-state index in [1.807, 2.05) is 0 Å². The minimum absolute atomic E-state index is 0.274. The molecule has 0 radical (unpaired) electrons. The van der Waals surface area contributed by atoms with Crippen molar-refractivity contribution in [2.45, 2.75) is 51.2 Å². The van der Waals surface area contributed by atoms with Crippen molar-refractivity contribution in [3.8, 4) is 0 Å². The summed E-state index contributed by atoms with van der Waals surface area (Å²) in [5.41, 5.74) is 0. The lowest BCUT2D eigenvalue weighted by Gasteiger charge is -2.21. The first-order valence-corrected chi connectivity index (χ1v) is 7.28. The molecular weight excluding hydrogens is 256 g/mol. The summed E-state index contributed by atoms with van der Waals surface area (Å²) in [6.07, 6.45) is 11.9. The van der Waals surface area contributed by atoms with E-state index in [2.05, 4.69) is 18.7 Å². The summed E-state index contributed by atoms with van der Waals surface area (Å²) >= 11 is 0. The second-order valence-electron chi connectivity index (χ2n) is 4.95. The zero-order valence-electron chi connectivity index (χ0n) is 11.8. The van der Waals surface area contributed by atoms with Crippen LogP contribution in [0, 0.1) is 0 Å². The summed E-state index contributed by atoms with van der Waals surface area (Å²) in [7, 11) is 0. The van der Waals surface area contributed by atoms with Crippen LogP contribution in [0.2, 0.25) is 0 Å². The summed E-state index contributed by atoms with van der Waals surface area (Å²) < 4.78 is 16.7. The molecule has 0 spiro atoms. The van der Waals surface area contributed by atoms with Crippen LogP contribution in [0.25, 0.3) is 0 Å². The molecule has 0 aromatic carbocycles. The van der Waals surface area contributed by atoms with Gasteiger partial charge < -0.3 is 14.2 Å². The number of ether oxygens (including phenoxy) is 3. The van der Waals surface area contributed by atoms with E-state index in [0.29, 0.717) is 6.42 Å². The smallest absolute Gasteiger partial charge is 0.330 e. The highest BCUT2D eigenvalue weighted by atomic mass is 16.7. The zero-order valence-corrected chi connectivity index (χ0v) is 11.8. The Labute approximate surface area is 120 Å². The van der Waals surface area contributed by atoms with Gasteiger partial charge in [-0.05, 0) is 37.8 Å². The van der Waals surface area contributed by atoms with Crippen LogP contribution >= 0.6 is 0 Å². The highest BCUT2D eigenvalue weighted by molar-refractivity contribution is 5.81. The standard InChI is InChI=1S/C16H22O4/c1-2-15(17)18-12-11-16(19-13-7-3-4-8-13)20-14-9-5-6-10-14/h2,7,9,16H,1,3-6,8,10-12H2. The van der Waals surface area contributed by atoms with Gasteiger partial charge in [0, 0.05) is 18.9 Å². The third-order valence-electron chi connectivity index (χ3n) is 3.33. The molecule has 2 aliphatic rings. The number of hydrogen-bond donors (Lipinski definition) is 0. The normalized spacial score (nSPS) is 17.6. The van der Waals surface area contributed by atoms with Crippen LogP contribution in [0.5, 0.6) is 0 Å². The second kappa shape index (κ2) is 7.78. The largest absolute Gasteiger partial charge is 0.462 e. The van der Waals surface area contributed by atoms with Crippen LogP contribution < -0.4 is 0 Å². The van der Waals surface area contributed by atoms with Crippen molar-refractivity contribution < 1.29 is 19.0 Å². The van der Waals surface area contributed by atoms with E-state index in [9.17, 15) is 4.79 Å². The van der Waals surface area contributed by atoms with Crippen molar-refractivity contribution in [3.05, 3.63) is 36.3 Å². The van der Waals surface area contributed by atoms with Gasteiger partial charge >= 0.3 is 5.97 Å². The molecule has 4 nitrogen and oxygen atoms in total. The van der Waals surface area contributed by atoms with Gasteiger partial charge in [0.05, 0.1) is 24.5 Å². The Morgan fingerprint density at radius 3 is 2.25 bits per heavy atom. The fourth-order valence-corrected chi connectivity index (χ4v) is 2.29. The molecule has 0 saturated heterocycles. The van der Waals surface area contributed by atoms with Crippen LogP contribution in [0.4, 0.5) is 0 Å². The average molecular weight is 278 g/mol. The van der Waals surface area contributed by atoms with Crippen LogP contribution in [0.1, 0.15) is 44.9 Å². The quantitative estimate of drug-likeness (QED) is 0.386. The Hall–Kier alpha value is -1.71. The Bertz CT molecular complexity index is 383. The third kappa shape index (κ3) is 4.76. The van der Waals surface area contributed by atoms with Crippen LogP contribution in [-0.4, -0.2) is 18.9 Å². The lowest BCUT2D eigenvalue weighted by atomic mass is 10.3. The summed E-state index contributed by atoms with van der Waals surface area (Å²) in [6, 6.07) is 0. The van der Waals surface area contributed by atoms with Crippen LogP contribution in [0.15, 0.2) is 36.3 Å². The van der Waals surface area contributed by atoms with Crippen molar-refractivity contribution >= 4 is 5.97 Å². The first-order chi connectivity index (χ1) is 9.78. The summed E-state index contributed by atoms with van der Waals surface area (Å²) in [5.74, 6) is 1.57. The van der Waals surface area contributed by atoms with E-state index >= 15 is 0 Å². The number of esters is 1. The molecule has 0 saturated carbocycles. The summed E-state index contributed by atoms with van der Waals surface area (Å²) in [4.78, 5) is 11.0. The van der Waals surface area contributed by atoms with Gasteiger partial charge in [0.2, 0.25) is 6.29 Å². The molecule has 0 amide bonds. The number of hydrogen-bond acceptors (Lipinski definition) is 4. The molecule has 2 rings (SSSR count). The van der Waals surface area contributed by atoms with Crippen LogP contribution in [0.3, 0.4) is 0 Å². The predicted molar refractivity (Wildman–Crippen MR) is 75.6 cm³/mol. The maximum Gasteiger partial charge on any atom is 0.330 e. The molecule has 0 aromatic heterocycles. The average Bonchev–Trinajstić information content (AvgIpc) is 3.12. The lowest BCUT2D eigenvalue weighted by Crippen LogP contribution is -2.19. The minimum Gasteiger partial charge on any atom is -0.462 e. The van der Waals surface area contributed by atoms with Gasteiger partial charge in [0.25, 0.3) is 0 Å². The highest BCUT2D eigenvalue weighted by Gasteiger charge is 2.18. The van der Waals surface area contributed by atoms with Crippen molar-refractivity contribution in [2.75, 3.05) is 6.61 Å². The fourth-order valence-electron chi connectivity index (χ4n) is 2.29. The SMILES string of the molecule is C=CC(=O)OCCC(OC1=CCCC1)OC1=CCCC1. The molecule has 0 aromatic rings. The first kappa shape index (κ1) is 14.7. The number of carbonyl (C=O) groups is 1. The lowest BCUT2D eigenvalue weighted by molar-refractivity contribution is -0.142. The van der Waals surface area contributed by atoms with Crippen molar-refractivity contribution in [2.24, 2.45) is 0 Å². The monoisotopic (exact) mass is 278 g/mol. The maximum absolute atomic E-state index is 11.0. The molecule has 0 N–H and O–H groups in total. The first-order valence-electron chi connectivity index (χ1n) is 7.28. The highest BCUT2D eigenvalue weighted by Crippen LogP contribution is 2.25. The van der Waals surface area contributed by atoms with E-state index in [0.717, 1.165) is 56.1 Å². The van der Waals surface area contributed by atoms with Gasteiger partial charge in [-0.3, -0.25) is 0 Å². The zero-order chi connectivity index (χ0) is 14.2. The number of carbonyl (C=O) groups excluding carboxylic acids is 1. The third-order valence-corrected chi connectivity index (χ3v) is 3.33. The van der Waals surface area contributed by atoms with Crippen LogP contribution in [-0.2, 0) is 19.0 Å². The van der Waals surface area contributed by atoms with Gasteiger partial charge in [-0.25, -0.2) is 4.79 Å². The molecule has 2 aliphatic carbocycles. The predicted octanol–water partition coefficient (Wildman–Crippen LogP) is 3.60. The topological polar surface area (TPSA) is 44.8 Å². The molecule has 0 atom stereocenters. The van der Waals surface area contributed by atoms with E-state index in [-0.39, 0.29) is 12.9 Å². The molecular formula is C16H22O4. The van der Waals surface area contributed by atoms with Gasteiger partial charge in [-0.2, -0.15) is 0 Å². The molecule has 0 bridgehead atoms. The van der Waals surface area contributed by atoms with E-state index in [4.69, 9.17) is 14.2 Å². The van der Waals surface area contributed by atoms with Gasteiger partial charge in [0.15, 0.2) is 0 Å². The van der Waals surface area contributed by atoms with Crippen molar-refractivity contribution in [1.82, 2.24) is 0 Å². The molecule has 0 heterocycles. The Morgan fingerprint density at radius 2 is 1.80 bits per heavy atom. The van der Waals surface area contributed by atoms with Gasteiger partial charge in [-0.1, -0.05) is 6.58 Å². The van der Waals surface area contributed by atoms with Crippen molar-refractivity contribution in [1.29, 1.82) is 0 Å². The van der Waals surface area contributed by atoms with E-state index in [1.54, 1.807) is 0 Å². The molecule has 0 aliphatic heterocycles. The Morgan fingerprint density at radius 1 is 1.20 bits per heavy atom. The molecule has 4 heteroatoms. The molecule has 0 unspecified atom stereocenters. The fraction of sp³-hybridized carbons (Fsp3) is 0.562. The molecule has 20 heavy (non-hydrogen) atoms. The summed E-state index contributed by atoms with van der Waals surface area (Å²) in [5, 5.41) is 0. The molecule has 0 fully saturated rings. The Balaban J connectivity index is 1.81. The minimum atomic E-state index is -0.413. The van der Waals surface area contributed by atoms with E-state index < -0.39 is 5.97 Å². The Kier molecular flexibility index (Phi) is 5.71. The number of rotatable bonds is 8. The van der Waals surface area contributed by atoms with Gasteiger partial charge in [0.1, 0.15) is 0 Å².